The van der Waals surface area contributed by atoms with Crippen molar-refractivity contribution in [3.8, 4) is 0 Å². The minimum atomic E-state index is -0.735. The molecule has 1 aliphatic rings. The van der Waals surface area contributed by atoms with Crippen molar-refractivity contribution in [3.05, 3.63) is 69.7 Å². The number of carbonyl (C=O) groups excluding carboxylic acids is 2. The second-order valence-corrected chi connectivity index (χ2v) is 7.11. The Labute approximate surface area is 167 Å². The van der Waals surface area contributed by atoms with Crippen LogP contribution in [-0.4, -0.2) is 31.6 Å². The fourth-order valence-corrected chi connectivity index (χ4v) is 3.30. The standard InChI is InChI=1S/C20H19Cl2NO4/c21-16-8-7-15(11-17(16)22)20(13-23-18(24)12-27-20)9-4-10-26-19(25)14-5-2-1-3-6-14/h1-3,5-8,11H,4,9-10,12-13H2,(H,23,24). The number of amides is 1. The maximum Gasteiger partial charge on any atom is 0.338 e. The van der Waals surface area contributed by atoms with Crippen LogP contribution in [0.4, 0.5) is 0 Å². The Bertz CT molecular complexity index is 816. The van der Waals surface area contributed by atoms with E-state index >= 15 is 0 Å². The number of esters is 1. The number of carbonyl (C=O) groups is 2. The normalized spacial score (nSPS) is 19.4. The van der Waals surface area contributed by atoms with Gasteiger partial charge in [0, 0.05) is 0 Å². The zero-order valence-corrected chi connectivity index (χ0v) is 16.1. The van der Waals surface area contributed by atoms with Crippen LogP contribution in [0.2, 0.25) is 10.0 Å². The molecule has 0 saturated carbocycles. The van der Waals surface area contributed by atoms with Crippen LogP contribution < -0.4 is 5.32 Å². The monoisotopic (exact) mass is 407 g/mol. The van der Waals surface area contributed by atoms with Crippen molar-refractivity contribution < 1.29 is 19.1 Å². The number of nitrogens with one attached hydrogen (secondary N) is 1. The summed E-state index contributed by atoms with van der Waals surface area (Å²) in [7, 11) is 0. The summed E-state index contributed by atoms with van der Waals surface area (Å²) < 4.78 is 11.2. The van der Waals surface area contributed by atoms with Crippen molar-refractivity contribution >= 4 is 35.1 Å². The Kier molecular flexibility index (Phi) is 6.37. The summed E-state index contributed by atoms with van der Waals surface area (Å²) >= 11 is 12.2. The molecule has 2 aromatic rings. The lowest BCUT2D eigenvalue weighted by Crippen LogP contribution is -2.50. The lowest BCUT2D eigenvalue weighted by molar-refractivity contribution is -0.146. The summed E-state index contributed by atoms with van der Waals surface area (Å²) in [5.41, 5.74) is 0.602. The van der Waals surface area contributed by atoms with Gasteiger partial charge in [-0.1, -0.05) is 47.5 Å². The van der Waals surface area contributed by atoms with E-state index in [9.17, 15) is 9.59 Å². The maximum atomic E-state index is 12.0. The topological polar surface area (TPSA) is 64.6 Å². The first kappa shape index (κ1) is 19.7. The van der Waals surface area contributed by atoms with E-state index in [2.05, 4.69) is 5.32 Å². The highest BCUT2D eigenvalue weighted by atomic mass is 35.5. The van der Waals surface area contributed by atoms with Crippen LogP contribution in [0.15, 0.2) is 48.5 Å². The highest BCUT2D eigenvalue weighted by molar-refractivity contribution is 6.42. The first-order chi connectivity index (χ1) is 13.0. The van der Waals surface area contributed by atoms with Crippen LogP contribution in [0, 0.1) is 0 Å². The van der Waals surface area contributed by atoms with Gasteiger partial charge in [-0.15, -0.1) is 0 Å². The van der Waals surface area contributed by atoms with E-state index in [1.807, 2.05) is 12.1 Å². The minimum absolute atomic E-state index is 0.0377. The lowest BCUT2D eigenvalue weighted by atomic mass is 9.87. The molecule has 0 spiro atoms. The molecule has 1 saturated heterocycles. The van der Waals surface area contributed by atoms with Crippen LogP contribution >= 0.6 is 23.2 Å². The Morgan fingerprint density at radius 3 is 2.59 bits per heavy atom. The van der Waals surface area contributed by atoms with Gasteiger partial charge in [-0.2, -0.15) is 0 Å². The minimum Gasteiger partial charge on any atom is -0.462 e. The molecule has 0 radical (unpaired) electrons. The summed E-state index contributed by atoms with van der Waals surface area (Å²) in [6.45, 7) is 0.522. The maximum absolute atomic E-state index is 12.0. The molecule has 7 heteroatoms. The second kappa shape index (κ2) is 8.74. The van der Waals surface area contributed by atoms with Crippen molar-refractivity contribution in [1.29, 1.82) is 0 Å². The third-order valence-corrected chi connectivity index (χ3v) is 5.20. The van der Waals surface area contributed by atoms with Gasteiger partial charge in [0.15, 0.2) is 0 Å². The van der Waals surface area contributed by atoms with E-state index < -0.39 is 5.60 Å². The van der Waals surface area contributed by atoms with E-state index in [-0.39, 0.29) is 25.1 Å². The molecule has 0 bridgehead atoms. The molecule has 1 fully saturated rings. The third-order valence-electron chi connectivity index (χ3n) is 4.46. The van der Waals surface area contributed by atoms with Gasteiger partial charge in [-0.05, 0) is 42.7 Å². The molecule has 5 nitrogen and oxygen atoms in total. The Morgan fingerprint density at radius 2 is 1.93 bits per heavy atom. The van der Waals surface area contributed by atoms with E-state index in [4.69, 9.17) is 32.7 Å². The molecule has 0 aromatic heterocycles. The van der Waals surface area contributed by atoms with Crippen LogP contribution in [0.3, 0.4) is 0 Å². The lowest BCUT2D eigenvalue weighted by Gasteiger charge is -2.38. The third kappa shape index (κ3) is 4.80. The molecule has 1 aliphatic heterocycles. The number of benzene rings is 2. The highest BCUT2D eigenvalue weighted by Crippen LogP contribution is 2.35. The summed E-state index contributed by atoms with van der Waals surface area (Å²) in [6, 6.07) is 14.1. The number of ether oxygens (including phenoxy) is 2. The molecular formula is C20H19Cl2NO4. The molecule has 1 amide bonds. The predicted molar refractivity (Wildman–Crippen MR) is 103 cm³/mol. The Balaban J connectivity index is 1.65. The van der Waals surface area contributed by atoms with Crippen LogP contribution in [-0.2, 0) is 19.9 Å². The largest absolute Gasteiger partial charge is 0.462 e. The average Bonchev–Trinajstić information content (AvgIpc) is 2.69. The van der Waals surface area contributed by atoms with E-state index in [0.29, 0.717) is 35.0 Å². The van der Waals surface area contributed by atoms with Crippen molar-refractivity contribution in [2.45, 2.75) is 18.4 Å². The zero-order valence-electron chi connectivity index (χ0n) is 14.5. The van der Waals surface area contributed by atoms with Gasteiger partial charge in [0.2, 0.25) is 5.91 Å². The fourth-order valence-electron chi connectivity index (χ4n) is 3.00. The molecule has 1 heterocycles. The van der Waals surface area contributed by atoms with E-state index in [0.717, 1.165) is 5.56 Å². The first-order valence-corrected chi connectivity index (χ1v) is 9.34. The van der Waals surface area contributed by atoms with Gasteiger partial charge in [0.25, 0.3) is 0 Å². The van der Waals surface area contributed by atoms with Crippen LogP contribution in [0.5, 0.6) is 0 Å². The number of hydrogen-bond acceptors (Lipinski definition) is 4. The molecule has 3 rings (SSSR count). The zero-order chi connectivity index (χ0) is 19.3. The second-order valence-electron chi connectivity index (χ2n) is 6.29. The Morgan fingerprint density at radius 1 is 1.15 bits per heavy atom. The van der Waals surface area contributed by atoms with Crippen molar-refractivity contribution in [1.82, 2.24) is 5.32 Å². The van der Waals surface area contributed by atoms with Gasteiger partial charge in [-0.3, -0.25) is 4.79 Å². The molecule has 142 valence electrons. The van der Waals surface area contributed by atoms with E-state index in [1.54, 1.807) is 36.4 Å². The van der Waals surface area contributed by atoms with Gasteiger partial charge < -0.3 is 14.8 Å². The molecule has 0 aliphatic carbocycles. The van der Waals surface area contributed by atoms with Crippen LogP contribution in [0.25, 0.3) is 0 Å². The summed E-state index contributed by atoms with van der Waals surface area (Å²) in [5, 5.41) is 3.71. The quantitative estimate of drug-likeness (QED) is 0.580. The summed E-state index contributed by atoms with van der Waals surface area (Å²) in [5.74, 6) is -0.529. The predicted octanol–water partition coefficient (Wildman–Crippen LogP) is 3.97. The molecular weight excluding hydrogens is 389 g/mol. The van der Waals surface area contributed by atoms with Gasteiger partial charge in [0.1, 0.15) is 12.2 Å². The SMILES string of the molecule is O=C1COC(CCCOC(=O)c2ccccc2)(c2ccc(Cl)c(Cl)c2)CN1. The molecule has 1 atom stereocenters. The van der Waals surface area contributed by atoms with Crippen molar-refractivity contribution in [3.63, 3.8) is 0 Å². The summed E-state index contributed by atoms with van der Waals surface area (Å²) in [6.07, 6.45) is 1.11. The number of hydrogen-bond donors (Lipinski definition) is 1. The van der Waals surface area contributed by atoms with Gasteiger partial charge in [-0.25, -0.2) is 4.79 Å². The number of halogens is 2. The number of morpholine rings is 1. The van der Waals surface area contributed by atoms with Crippen LogP contribution in [0.1, 0.15) is 28.8 Å². The number of rotatable bonds is 6. The average molecular weight is 408 g/mol. The molecule has 27 heavy (non-hydrogen) atoms. The first-order valence-electron chi connectivity index (χ1n) is 8.58. The fraction of sp³-hybridized carbons (Fsp3) is 0.300. The van der Waals surface area contributed by atoms with Crippen molar-refractivity contribution in [2.75, 3.05) is 19.8 Å². The highest BCUT2D eigenvalue weighted by Gasteiger charge is 2.37. The molecule has 1 unspecified atom stereocenters. The van der Waals surface area contributed by atoms with Gasteiger partial charge in [0.05, 0.1) is 28.8 Å². The van der Waals surface area contributed by atoms with Gasteiger partial charge >= 0.3 is 5.97 Å². The molecule has 2 aromatic carbocycles. The van der Waals surface area contributed by atoms with E-state index in [1.165, 1.54) is 0 Å². The smallest absolute Gasteiger partial charge is 0.338 e. The van der Waals surface area contributed by atoms with Crippen molar-refractivity contribution in [2.24, 2.45) is 0 Å². The summed E-state index contributed by atoms with van der Waals surface area (Å²) in [4.78, 5) is 23.6. The molecule has 1 N–H and O–H groups in total. The Hall–Kier alpha value is -2.08.